The molecule has 3 aromatic rings. The first-order chi connectivity index (χ1) is 12.5. The van der Waals surface area contributed by atoms with Gasteiger partial charge in [0, 0.05) is 24.5 Å². The highest BCUT2D eigenvalue weighted by atomic mass is 16.5. The highest BCUT2D eigenvalue weighted by Gasteiger charge is 2.32. The summed E-state index contributed by atoms with van der Waals surface area (Å²) in [6.45, 7) is 4.81. The number of aromatic nitrogens is 7. The van der Waals surface area contributed by atoms with Crippen molar-refractivity contribution in [1.82, 2.24) is 40.3 Å². The maximum absolute atomic E-state index is 12.6. The van der Waals surface area contributed by atoms with E-state index in [1.54, 1.807) is 27.8 Å². The molecular formula is C16H20N8O2. The van der Waals surface area contributed by atoms with Gasteiger partial charge in [0.15, 0.2) is 0 Å². The largest absolute Gasteiger partial charge is 0.377 e. The molecule has 0 bridgehead atoms. The Morgan fingerprint density at radius 3 is 2.92 bits per heavy atom. The lowest BCUT2D eigenvalue weighted by atomic mass is 10.1. The van der Waals surface area contributed by atoms with Crippen LogP contribution >= 0.6 is 0 Å². The molecule has 4 rings (SSSR count). The van der Waals surface area contributed by atoms with Crippen LogP contribution in [0.1, 0.15) is 27.9 Å². The number of carbonyl (C=O) groups excluding carboxylic acids is 1. The van der Waals surface area contributed by atoms with Gasteiger partial charge >= 0.3 is 0 Å². The number of hydrogen-bond donors (Lipinski definition) is 2. The molecule has 0 aromatic carbocycles. The molecule has 0 aliphatic carbocycles. The minimum atomic E-state index is -0.233. The number of nitrogens with one attached hydrogen (secondary N) is 2. The fourth-order valence-corrected chi connectivity index (χ4v) is 3.29. The summed E-state index contributed by atoms with van der Waals surface area (Å²) in [4.78, 5) is 12.6. The van der Waals surface area contributed by atoms with Crippen LogP contribution in [0.2, 0.25) is 0 Å². The van der Waals surface area contributed by atoms with Crippen LogP contribution in [0.25, 0.3) is 11.3 Å². The first-order valence-electron chi connectivity index (χ1n) is 8.35. The van der Waals surface area contributed by atoms with E-state index in [4.69, 9.17) is 4.74 Å². The lowest BCUT2D eigenvalue weighted by Crippen LogP contribution is -2.41. The zero-order chi connectivity index (χ0) is 18.3. The van der Waals surface area contributed by atoms with E-state index in [9.17, 15) is 4.79 Å². The standard InChI is InChI=1S/C16H20N8O2/c1-9-15(10(2)23(3)21-9)11-6-12(20-19-11)16(25)18-13-7-26-8-14(13)24-5-4-17-22-24/h4-6,13-14H,7-8H2,1-3H3,(H,18,25)(H,19,20)/t13-,14+/m0/s1. The summed E-state index contributed by atoms with van der Waals surface area (Å²) in [6, 6.07) is 1.48. The van der Waals surface area contributed by atoms with Gasteiger partial charge in [-0.25, -0.2) is 4.68 Å². The molecule has 0 saturated carbocycles. The van der Waals surface area contributed by atoms with Crippen molar-refractivity contribution in [1.29, 1.82) is 0 Å². The second-order valence-electron chi connectivity index (χ2n) is 6.40. The topological polar surface area (TPSA) is 116 Å². The molecule has 10 heteroatoms. The molecule has 0 spiro atoms. The SMILES string of the molecule is Cc1nn(C)c(C)c1-c1cc(C(=O)N[C@H]2COC[C@H]2n2ccnn2)[nH]n1. The molecule has 136 valence electrons. The molecule has 2 atom stereocenters. The van der Waals surface area contributed by atoms with E-state index in [0.29, 0.717) is 24.6 Å². The normalized spacial score (nSPS) is 19.8. The van der Waals surface area contributed by atoms with Crippen LogP contribution in [0.5, 0.6) is 0 Å². The van der Waals surface area contributed by atoms with E-state index in [0.717, 1.165) is 17.0 Å². The monoisotopic (exact) mass is 356 g/mol. The van der Waals surface area contributed by atoms with Gasteiger partial charge < -0.3 is 10.1 Å². The summed E-state index contributed by atoms with van der Waals surface area (Å²) in [5.41, 5.74) is 3.91. The van der Waals surface area contributed by atoms with Crippen molar-refractivity contribution in [3.05, 3.63) is 35.5 Å². The Balaban J connectivity index is 1.52. The number of nitrogens with zero attached hydrogens (tertiary/aromatic N) is 6. The number of aryl methyl sites for hydroxylation is 2. The molecule has 10 nitrogen and oxygen atoms in total. The van der Waals surface area contributed by atoms with Crippen LogP contribution in [0, 0.1) is 13.8 Å². The van der Waals surface area contributed by atoms with Crippen molar-refractivity contribution >= 4 is 5.91 Å². The van der Waals surface area contributed by atoms with Crippen molar-refractivity contribution in [3.63, 3.8) is 0 Å². The molecule has 1 saturated heterocycles. The third kappa shape index (κ3) is 2.77. The third-order valence-electron chi connectivity index (χ3n) is 4.74. The summed E-state index contributed by atoms with van der Waals surface area (Å²) < 4.78 is 9.01. The number of rotatable bonds is 4. The van der Waals surface area contributed by atoms with Crippen molar-refractivity contribution in [2.24, 2.45) is 7.05 Å². The van der Waals surface area contributed by atoms with Gasteiger partial charge in [0.25, 0.3) is 5.91 Å². The van der Waals surface area contributed by atoms with Gasteiger partial charge in [-0.1, -0.05) is 5.21 Å². The fourth-order valence-electron chi connectivity index (χ4n) is 3.29. The summed E-state index contributed by atoms with van der Waals surface area (Å²) in [7, 11) is 1.89. The van der Waals surface area contributed by atoms with E-state index < -0.39 is 0 Å². The van der Waals surface area contributed by atoms with Crippen molar-refractivity contribution < 1.29 is 9.53 Å². The molecular weight excluding hydrogens is 336 g/mol. The van der Waals surface area contributed by atoms with E-state index >= 15 is 0 Å². The average molecular weight is 356 g/mol. The van der Waals surface area contributed by atoms with Gasteiger partial charge in [-0.3, -0.25) is 14.6 Å². The Bertz CT molecular complexity index is 926. The van der Waals surface area contributed by atoms with Gasteiger partial charge in [-0.15, -0.1) is 5.10 Å². The van der Waals surface area contributed by atoms with Gasteiger partial charge in [0.2, 0.25) is 0 Å². The molecule has 1 amide bonds. The second kappa shape index (κ2) is 6.37. The van der Waals surface area contributed by atoms with E-state index in [1.165, 1.54) is 0 Å². The highest BCUT2D eigenvalue weighted by Crippen LogP contribution is 2.25. The predicted octanol–water partition coefficient (Wildman–Crippen LogP) is 0.388. The molecule has 4 heterocycles. The number of H-pyrrole nitrogens is 1. The van der Waals surface area contributed by atoms with Crippen LogP contribution < -0.4 is 5.32 Å². The first-order valence-corrected chi connectivity index (χ1v) is 8.35. The molecule has 1 aliphatic rings. The minimum Gasteiger partial charge on any atom is -0.377 e. The summed E-state index contributed by atoms with van der Waals surface area (Å²) in [5, 5.41) is 22.3. The Hall–Kier alpha value is -3.01. The van der Waals surface area contributed by atoms with Crippen LogP contribution in [-0.2, 0) is 11.8 Å². The number of ether oxygens (including phenoxy) is 1. The highest BCUT2D eigenvalue weighted by molar-refractivity contribution is 5.93. The molecule has 0 unspecified atom stereocenters. The van der Waals surface area contributed by atoms with Crippen molar-refractivity contribution in [2.75, 3.05) is 13.2 Å². The summed E-state index contributed by atoms with van der Waals surface area (Å²) >= 11 is 0. The minimum absolute atomic E-state index is 0.0772. The maximum Gasteiger partial charge on any atom is 0.269 e. The first kappa shape index (κ1) is 16.5. The smallest absolute Gasteiger partial charge is 0.269 e. The summed E-state index contributed by atoms with van der Waals surface area (Å²) in [6.07, 6.45) is 3.37. The molecule has 3 aromatic heterocycles. The van der Waals surface area contributed by atoms with Gasteiger partial charge in [0.1, 0.15) is 5.69 Å². The van der Waals surface area contributed by atoms with Crippen LogP contribution in [0.15, 0.2) is 18.5 Å². The lowest BCUT2D eigenvalue weighted by Gasteiger charge is -2.18. The maximum atomic E-state index is 12.6. The molecule has 1 aliphatic heterocycles. The molecule has 2 N–H and O–H groups in total. The van der Waals surface area contributed by atoms with E-state index in [2.05, 4.69) is 30.9 Å². The quantitative estimate of drug-likeness (QED) is 0.699. The van der Waals surface area contributed by atoms with Gasteiger partial charge in [-0.05, 0) is 19.9 Å². The van der Waals surface area contributed by atoms with Gasteiger partial charge in [0.05, 0.1) is 42.9 Å². The van der Waals surface area contributed by atoms with Crippen LogP contribution in [0.4, 0.5) is 0 Å². The fraction of sp³-hybridized carbons (Fsp3) is 0.438. The van der Waals surface area contributed by atoms with E-state index in [1.807, 2.05) is 20.9 Å². The Labute approximate surface area is 149 Å². The zero-order valence-corrected chi connectivity index (χ0v) is 14.8. The third-order valence-corrected chi connectivity index (χ3v) is 4.74. The predicted molar refractivity (Wildman–Crippen MR) is 91.4 cm³/mol. The van der Waals surface area contributed by atoms with Crippen LogP contribution in [-0.4, -0.2) is 60.1 Å². The lowest BCUT2D eigenvalue weighted by molar-refractivity contribution is 0.0919. The Kier molecular flexibility index (Phi) is 4.03. The average Bonchev–Trinajstić information content (AvgIpc) is 3.37. The second-order valence-corrected chi connectivity index (χ2v) is 6.40. The zero-order valence-electron chi connectivity index (χ0n) is 14.8. The molecule has 0 radical (unpaired) electrons. The Morgan fingerprint density at radius 2 is 2.23 bits per heavy atom. The number of carbonyl (C=O) groups is 1. The number of amides is 1. The summed E-state index contributed by atoms with van der Waals surface area (Å²) in [5.74, 6) is -0.233. The number of hydrogen-bond acceptors (Lipinski definition) is 6. The number of aromatic amines is 1. The Morgan fingerprint density at radius 1 is 1.38 bits per heavy atom. The van der Waals surface area contributed by atoms with Crippen molar-refractivity contribution in [2.45, 2.75) is 25.9 Å². The van der Waals surface area contributed by atoms with Crippen molar-refractivity contribution in [3.8, 4) is 11.3 Å². The molecule has 1 fully saturated rings. The molecule has 26 heavy (non-hydrogen) atoms. The van der Waals surface area contributed by atoms with E-state index in [-0.39, 0.29) is 18.0 Å². The van der Waals surface area contributed by atoms with Gasteiger partial charge in [-0.2, -0.15) is 10.2 Å². The van der Waals surface area contributed by atoms with Crippen LogP contribution in [0.3, 0.4) is 0 Å².